The molecule has 2 atom stereocenters. The van der Waals surface area contributed by atoms with Crippen molar-refractivity contribution in [3.8, 4) is 12.1 Å². The normalized spacial score (nSPS) is 17.2. The molecule has 5 nitrogen and oxygen atoms in total. The fourth-order valence-electron chi connectivity index (χ4n) is 4.20. The van der Waals surface area contributed by atoms with Crippen LogP contribution in [0.15, 0.2) is 66.7 Å². The molecule has 0 aromatic heterocycles. The summed E-state index contributed by atoms with van der Waals surface area (Å²) in [5.41, 5.74) is 3.85. The summed E-state index contributed by atoms with van der Waals surface area (Å²) in [7, 11) is 0. The van der Waals surface area contributed by atoms with Crippen LogP contribution in [0.5, 0.6) is 0 Å². The van der Waals surface area contributed by atoms with E-state index in [4.69, 9.17) is 28.5 Å². The zero-order chi connectivity index (χ0) is 23.4. The van der Waals surface area contributed by atoms with E-state index < -0.39 is 6.10 Å². The van der Waals surface area contributed by atoms with E-state index in [1.165, 1.54) is 0 Å². The van der Waals surface area contributed by atoms with E-state index in [9.17, 15) is 10.4 Å². The second-order valence-electron chi connectivity index (χ2n) is 8.05. The Labute approximate surface area is 203 Å². The van der Waals surface area contributed by atoms with Crippen LogP contribution in [0.3, 0.4) is 0 Å². The molecule has 7 heteroatoms. The number of halogens is 2. The SMILES string of the molecule is N#Cc1ccc([C@H](O)CN2CCN(c3ccc(C#N)cc3Cl)[C@H](c3ccc(Cl)cc3)C2)cc1. The zero-order valence-corrected chi connectivity index (χ0v) is 19.3. The average molecular weight is 477 g/mol. The first-order chi connectivity index (χ1) is 16.0. The molecule has 3 aromatic carbocycles. The lowest BCUT2D eigenvalue weighted by atomic mass is 10.00. The number of anilines is 1. The zero-order valence-electron chi connectivity index (χ0n) is 17.8. The minimum atomic E-state index is -0.659. The fourth-order valence-corrected chi connectivity index (χ4v) is 4.62. The predicted molar refractivity (Wildman–Crippen MR) is 130 cm³/mol. The van der Waals surface area contributed by atoms with Crippen LogP contribution < -0.4 is 4.90 Å². The highest BCUT2D eigenvalue weighted by molar-refractivity contribution is 6.33. The number of piperazine rings is 1. The van der Waals surface area contributed by atoms with Crippen molar-refractivity contribution in [1.29, 1.82) is 10.5 Å². The van der Waals surface area contributed by atoms with Gasteiger partial charge in [-0.05, 0) is 53.6 Å². The highest BCUT2D eigenvalue weighted by Crippen LogP contribution is 2.36. The Morgan fingerprint density at radius 3 is 2.21 bits per heavy atom. The van der Waals surface area contributed by atoms with Gasteiger partial charge in [0.2, 0.25) is 0 Å². The maximum absolute atomic E-state index is 10.8. The number of nitrogens with zero attached hydrogens (tertiary/aromatic N) is 4. The third-order valence-corrected chi connectivity index (χ3v) is 6.52. The van der Waals surface area contributed by atoms with Crippen LogP contribution >= 0.6 is 23.2 Å². The van der Waals surface area contributed by atoms with Gasteiger partial charge in [-0.25, -0.2) is 0 Å². The van der Waals surface area contributed by atoms with Crippen molar-refractivity contribution >= 4 is 28.9 Å². The number of aliphatic hydroxyl groups excluding tert-OH is 1. The molecule has 0 unspecified atom stereocenters. The van der Waals surface area contributed by atoms with Crippen LogP contribution in [-0.2, 0) is 0 Å². The van der Waals surface area contributed by atoms with Gasteiger partial charge in [0.1, 0.15) is 0 Å². The van der Waals surface area contributed by atoms with E-state index in [1.54, 1.807) is 36.4 Å². The molecule has 0 aliphatic carbocycles. The molecular formula is C26H22Cl2N4O. The van der Waals surface area contributed by atoms with Crippen LogP contribution in [-0.4, -0.2) is 36.2 Å². The van der Waals surface area contributed by atoms with Crippen LogP contribution in [0.1, 0.15) is 34.4 Å². The summed E-state index contributed by atoms with van der Waals surface area (Å²) in [4.78, 5) is 4.48. The minimum absolute atomic E-state index is 0.00498. The molecule has 33 heavy (non-hydrogen) atoms. The Balaban J connectivity index is 1.57. The van der Waals surface area contributed by atoms with Crippen LogP contribution in [0.4, 0.5) is 5.69 Å². The van der Waals surface area contributed by atoms with Crippen LogP contribution in [0.25, 0.3) is 0 Å². The van der Waals surface area contributed by atoms with E-state index in [2.05, 4.69) is 21.9 Å². The maximum atomic E-state index is 10.8. The maximum Gasteiger partial charge on any atom is 0.0992 e. The number of rotatable bonds is 5. The lowest BCUT2D eigenvalue weighted by molar-refractivity contribution is 0.100. The second-order valence-corrected chi connectivity index (χ2v) is 8.89. The lowest BCUT2D eigenvalue weighted by Crippen LogP contribution is -2.49. The molecule has 1 heterocycles. The first-order valence-corrected chi connectivity index (χ1v) is 11.4. The Hall–Kier alpha value is -3.06. The van der Waals surface area contributed by atoms with E-state index in [-0.39, 0.29) is 6.04 Å². The molecule has 0 spiro atoms. The number of β-amino-alcohol motifs (C(OH)–C–C–N with tert-alkyl or cyclic N) is 1. The first-order valence-electron chi connectivity index (χ1n) is 10.6. The van der Waals surface area contributed by atoms with E-state index in [0.29, 0.717) is 40.8 Å². The van der Waals surface area contributed by atoms with E-state index in [1.807, 2.05) is 30.3 Å². The Morgan fingerprint density at radius 1 is 0.909 bits per heavy atom. The summed E-state index contributed by atoms with van der Waals surface area (Å²) in [5, 5.41) is 30.2. The Kier molecular flexibility index (Phi) is 7.18. The van der Waals surface area contributed by atoms with Crippen molar-refractivity contribution in [3.05, 3.63) is 99.0 Å². The third-order valence-electron chi connectivity index (χ3n) is 5.96. The van der Waals surface area contributed by atoms with Gasteiger partial charge in [-0.3, -0.25) is 4.90 Å². The number of hydrogen-bond acceptors (Lipinski definition) is 5. The van der Waals surface area contributed by atoms with Gasteiger partial charge in [0, 0.05) is 31.2 Å². The van der Waals surface area contributed by atoms with Crippen molar-refractivity contribution in [2.45, 2.75) is 12.1 Å². The lowest BCUT2D eigenvalue weighted by Gasteiger charge is -2.44. The number of benzene rings is 3. The van der Waals surface area contributed by atoms with Gasteiger partial charge < -0.3 is 10.0 Å². The van der Waals surface area contributed by atoms with Crippen LogP contribution in [0, 0.1) is 22.7 Å². The summed E-state index contributed by atoms with van der Waals surface area (Å²) in [6, 6.07) is 24.4. The molecule has 166 valence electrons. The molecule has 0 bridgehead atoms. The summed E-state index contributed by atoms with van der Waals surface area (Å²) in [6.45, 7) is 2.61. The largest absolute Gasteiger partial charge is 0.387 e. The highest BCUT2D eigenvalue weighted by atomic mass is 35.5. The summed E-state index contributed by atoms with van der Waals surface area (Å²) in [6.07, 6.45) is -0.659. The molecule has 3 aromatic rings. The molecule has 0 saturated carbocycles. The van der Waals surface area contributed by atoms with Gasteiger partial charge in [0.25, 0.3) is 0 Å². The quantitative estimate of drug-likeness (QED) is 0.538. The first kappa shape index (κ1) is 23.1. The van der Waals surface area contributed by atoms with E-state index in [0.717, 1.165) is 23.4 Å². The second kappa shape index (κ2) is 10.3. The molecule has 1 fully saturated rings. The molecule has 0 radical (unpaired) electrons. The monoisotopic (exact) mass is 476 g/mol. The van der Waals surface area contributed by atoms with Gasteiger partial charge in [-0.1, -0.05) is 47.5 Å². The molecule has 4 rings (SSSR count). The molecule has 1 aliphatic heterocycles. The highest BCUT2D eigenvalue weighted by Gasteiger charge is 2.30. The fraction of sp³-hybridized carbons (Fsp3) is 0.231. The van der Waals surface area contributed by atoms with Crippen LogP contribution in [0.2, 0.25) is 10.0 Å². The van der Waals surface area contributed by atoms with E-state index >= 15 is 0 Å². The number of aliphatic hydroxyl groups is 1. The third kappa shape index (κ3) is 5.30. The summed E-state index contributed by atoms with van der Waals surface area (Å²) >= 11 is 12.7. The average Bonchev–Trinajstić information content (AvgIpc) is 2.84. The molecule has 0 amide bonds. The number of nitriles is 2. The van der Waals surface area contributed by atoms with Gasteiger partial charge in [0.15, 0.2) is 0 Å². The molecule has 1 saturated heterocycles. The van der Waals surface area contributed by atoms with Crippen molar-refractivity contribution in [2.75, 3.05) is 31.1 Å². The standard InChI is InChI=1S/C26H22Cl2N4O/c27-22-8-6-20(7-9-22)25-16-31(17-26(33)21-4-1-18(14-29)2-5-21)11-12-32(25)24-10-3-19(15-30)13-23(24)28/h1-10,13,25-26,33H,11-12,16-17H2/t25-,26+/m0/s1. The summed E-state index contributed by atoms with van der Waals surface area (Å²) < 4.78 is 0. The molecule has 1 aliphatic rings. The Bertz CT molecular complexity index is 1200. The van der Waals surface area contributed by atoms with Crippen molar-refractivity contribution < 1.29 is 5.11 Å². The van der Waals surface area contributed by atoms with Crippen molar-refractivity contribution in [2.24, 2.45) is 0 Å². The number of hydrogen-bond donors (Lipinski definition) is 1. The predicted octanol–water partition coefficient (Wildman–Crippen LogP) is 5.33. The summed E-state index contributed by atoms with van der Waals surface area (Å²) in [5.74, 6) is 0. The van der Waals surface area contributed by atoms with Crippen molar-refractivity contribution in [3.63, 3.8) is 0 Å². The van der Waals surface area contributed by atoms with Gasteiger partial charge in [0.05, 0.1) is 46.1 Å². The van der Waals surface area contributed by atoms with Crippen molar-refractivity contribution in [1.82, 2.24) is 4.90 Å². The van der Waals surface area contributed by atoms with Gasteiger partial charge in [-0.15, -0.1) is 0 Å². The molecule has 1 N–H and O–H groups in total. The van der Waals surface area contributed by atoms with Gasteiger partial charge in [-0.2, -0.15) is 10.5 Å². The smallest absolute Gasteiger partial charge is 0.0992 e. The topological polar surface area (TPSA) is 74.3 Å². The minimum Gasteiger partial charge on any atom is -0.387 e. The molecular weight excluding hydrogens is 455 g/mol. The van der Waals surface area contributed by atoms with Gasteiger partial charge >= 0.3 is 0 Å². The Morgan fingerprint density at radius 2 is 1.58 bits per heavy atom.